The number of benzene rings is 1. The molecule has 0 atom stereocenters. The predicted octanol–water partition coefficient (Wildman–Crippen LogP) is 2.07. The number of aromatic amines is 1. The summed E-state index contributed by atoms with van der Waals surface area (Å²) in [5, 5.41) is 0. The van der Waals surface area contributed by atoms with E-state index in [-0.39, 0.29) is 5.91 Å². The Morgan fingerprint density at radius 1 is 1.23 bits per heavy atom. The molecule has 3 aromatic rings. The van der Waals surface area contributed by atoms with Gasteiger partial charge in [0.1, 0.15) is 11.6 Å². The highest BCUT2D eigenvalue weighted by atomic mass is 16.5. The summed E-state index contributed by atoms with van der Waals surface area (Å²) in [6, 6.07) is 11.5. The summed E-state index contributed by atoms with van der Waals surface area (Å²) in [5.41, 5.74) is 2.48. The summed E-state index contributed by atoms with van der Waals surface area (Å²) in [6.45, 7) is 3.19. The zero-order valence-corrected chi connectivity index (χ0v) is 14.7. The molecule has 0 saturated carbocycles. The number of hydrogen-bond donors (Lipinski definition) is 1. The van der Waals surface area contributed by atoms with Crippen LogP contribution in [0, 0.1) is 0 Å². The summed E-state index contributed by atoms with van der Waals surface area (Å²) in [7, 11) is 1.78. The number of anilines is 1. The van der Waals surface area contributed by atoms with Crippen LogP contribution in [0.3, 0.4) is 0 Å². The first kappa shape index (κ1) is 16.5. The van der Waals surface area contributed by atoms with Crippen LogP contribution in [0.1, 0.15) is 16.2 Å². The molecule has 0 aliphatic carbocycles. The Balaban J connectivity index is 1.55. The van der Waals surface area contributed by atoms with Gasteiger partial charge in [0.25, 0.3) is 5.91 Å². The van der Waals surface area contributed by atoms with E-state index in [2.05, 4.69) is 19.9 Å². The number of hydrogen-bond acceptors (Lipinski definition) is 5. The van der Waals surface area contributed by atoms with E-state index in [1.54, 1.807) is 24.2 Å². The van der Waals surface area contributed by atoms with Crippen LogP contribution in [0.2, 0.25) is 0 Å². The number of carbonyl (C=O) groups excluding carboxylic acids is 1. The second-order valence-corrected chi connectivity index (χ2v) is 6.34. The van der Waals surface area contributed by atoms with Gasteiger partial charge in [-0.15, -0.1) is 0 Å². The van der Waals surface area contributed by atoms with Gasteiger partial charge in [-0.1, -0.05) is 12.1 Å². The average molecular weight is 351 g/mol. The molecule has 2 aromatic heterocycles. The fourth-order valence-corrected chi connectivity index (χ4v) is 3.17. The number of pyridine rings is 1. The maximum atomic E-state index is 13.0. The van der Waals surface area contributed by atoms with Gasteiger partial charge in [0.05, 0.1) is 36.4 Å². The second-order valence-electron chi connectivity index (χ2n) is 6.34. The molecule has 0 unspecified atom stereocenters. The zero-order valence-electron chi connectivity index (χ0n) is 14.7. The molecule has 1 amide bonds. The van der Waals surface area contributed by atoms with Gasteiger partial charge in [0.2, 0.25) is 0 Å². The monoisotopic (exact) mass is 351 g/mol. The van der Waals surface area contributed by atoms with Crippen LogP contribution in [0.25, 0.3) is 11.0 Å². The smallest absolute Gasteiger partial charge is 0.257 e. The van der Waals surface area contributed by atoms with Crippen LogP contribution in [-0.4, -0.2) is 59.1 Å². The van der Waals surface area contributed by atoms with Crippen molar-refractivity contribution in [2.24, 2.45) is 0 Å². The maximum Gasteiger partial charge on any atom is 0.257 e. The number of para-hydroxylation sites is 2. The van der Waals surface area contributed by atoms with Gasteiger partial charge in [-0.2, -0.15) is 0 Å². The fourth-order valence-electron chi connectivity index (χ4n) is 3.17. The molecule has 1 aliphatic rings. The second kappa shape index (κ2) is 7.13. The third-order valence-electron chi connectivity index (χ3n) is 4.50. The topological polar surface area (TPSA) is 74.4 Å². The lowest BCUT2D eigenvalue weighted by Crippen LogP contribution is -2.38. The van der Waals surface area contributed by atoms with E-state index in [9.17, 15) is 4.79 Å². The Morgan fingerprint density at radius 3 is 2.85 bits per heavy atom. The van der Waals surface area contributed by atoms with E-state index >= 15 is 0 Å². The van der Waals surface area contributed by atoms with Gasteiger partial charge in [0.15, 0.2) is 0 Å². The van der Waals surface area contributed by atoms with Crippen LogP contribution >= 0.6 is 0 Å². The highest BCUT2D eigenvalue weighted by Gasteiger charge is 2.22. The van der Waals surface area contributed by atoms with Crippen molar-refractivity contribution < 1.29 is 9.53 Å². The largest absolute Gasteiger partial charge is 0.378 e. The van der Waals surface area contributed by atoms with Gasteiger partial charge in [-0.3, -0.25) is 4.79 Å². The van der Waals surface area contributed by atoms with Gasteiger partial charge in [0, 0.05) is 26.3 Å². The first-order valence-corrected chi connectivity index (χ1v) is 8.69. The van der Waals surface area contributed by atoms with Crippen molar-refractivity contribution in [3.05, 3.63) is 54.0 Å². The molecule has 0 spiro atoms. The van der Waals surface area contributed by atoms with Crippen molar-refractivity contribution in [2.75, 3.05) is 38.3 Å². The van der Waals surface area contributed by atoms with Crippen molar-refractivity contribution in [1.29, 1.82) is 0 Å². The molecule has 3 heterocycles. The summed E-state index contributed by atoms with van der Waals surface area (Å²) in [5.74, 6) is 1.41. The molecule has 4 rings (SSSR count). The number of rotatable bonds is 4. The van der Waals surface area contributed by atoms with Crippen molar-refractivity contribution in [3.8, 4) is 0 Å². The predicted molar refractivity (Wildman–Crippen MR) is 99.2 cm³/mol. The summed E-state index contributed by atoms with van der Waals surface area (Å²) < 4.78 is 5.40. The van der Waals surface area contributed by atoms with Gasteiger partial charge < -0.3 is 19.5 Å². The minimum atomic E-state index is -0.0694. The molecule has 1 saturated heterocycles. The average Bonchev–Trinajstić information content (AvgIpc) is 3.10. The summed E-state index contributed by atoms with van der Waals surface area (Å²) in [4.78, 5) is 29.0. The Bertz CT molecular complexity index is 884. The molecule has 134 valence electrons. The molecule has 1 aliphatic heterocycles. The van der Waals surface area contributed by atoms with Crippen LogP contribution in [-0.2, 0) is 11.3 Å². The van der Waals surface area contributed by atoms with E-state index in [0.717, 1.165) is 35.8 Å². The Kier molecular flexibility index (Phi) is 4.53. The summed E-state index contributed by atoms with van der Waals surface area (Å²) >= 11 is 0. The number of carbonyl (C=O) groups is 1. The number of H-pyrrole nitrogens is 1. The van der Waals surface area contributed by atoms with Gasteiger partial charge in [-0.05, 0) is 24.3 Å². The molecular weight excluding hydrogens is 330 g/mol. The van der Waals surface area contributed by atoms with Crippen molar-refractivity contribution in [2.45, 2.75) is 6.54 Å². The molecule has 0 radical (unpaired) electrons. The third kappa shape index (κ3) is 3.25. The van der Waals surface area contributed by atoms with Gasteiger partial charge in [-0.25, -0.2) is 9.97 Å². The first-order valence-electron chi connectivity index (χ1n) is 8.69. The molecule has 26 heavy (non-hydrogen) atoms. The Morgan fingerprint density at radius 2 is 2.04 bits per heavy atom. The number of aromatic nitrogens is 3. The number of nitrogens with one attached hydrogen (secondary N) is 1. The number of fused-ring (bicyclic) bond motifs is 1. The lowest BCUT2D eigenvalue weighted by Gasteiger charge is -2.29. The van der Waals surface area contributed by atoms with Crippen molar-refractivity contribution in [3.63, 3.8) is 0 Å². The fraction of sp³-hybridized carbons (Fsp3) is 0.316. The number of morpholine rings is 1. The zero-order chi connectivity index (χ0) is 17.9. The quantitative estimate of drug-likeness (QED) is 0.779. The molecule has 7 nitrogen and oxygen atoms in total. The lowest BCUT2D eigenvalue weighted by atomic mass is 10.2. The SMILES string of the molecule is CN(Cc1nc2ccccc2[nH]1)C(=O)c1cccnc1N1CCOCC1. The number of ether oxygens (including phenoxy) is 1. The Hall–Kier alpha value is -2.93. The molecule has 1 N–H and O–H groups in total. The van der Waals surface area contributed by atoms with E-state index < -0.39 is 0 Å². The van der Waals surface area contributed by atoms with Crippen LogP contribution in [0.4, 0.5) is 5.82 Å². The maximum absolute atomic E-state index is 13.0. The molecule has 7 heteroatoms. The number of imidazole rings is 1. The van der Waals surface area contributed by atoms with Crippen molar-refractivity contribution in [1.82, 2.24) is 19.9 Å². The first-order chi connectivity index (χ1) is 12.7. The number of amides is 1. The highest BCUT2D eigenvalue weighted by molar-refractivity contribution is 5.98. The lowest BCUT2D eigenvalue weighted by molar-refractivity contribution is 0.0780. The Labute approximate surface area is 151 Å². The molecule has 0 bridgehead atoms. The minimum Gasteiger partial charge on any atom is -0.378 e. The highest BCUT2D eigenvalue weighted by Crippen LogP contribution is 2.21. The molecule has 1 fully saturated rings. The standard InChI is InChI=1S/C19H21N5O2/c1-23(13-17-21-15-6-2-3-7-16(15)22-17)19(25)14-5-4-8-20-18(14)24-9-11-26-12-10-24/h2-8H,9-13H2,1H3,(H,21,22). The summed E-state index contributed by atoms with van der Waals surface area (Å²) in [6.07, 6.45) is 1.72. The molecular formula is C19H21N5O2. The van der Waals surface area contributed by atoms with Crippen LogP contribution in [0.5, 0.6) is 0 Å². The molecule has 1 aromatic carbocycles. The van der Waals surface area contributed by atoms with Crippen LogP contribution < -0.4 is 4.90 Å². The van der Waals surface area contributed by atoms with Gasteiger partial charge >= 0.3 is 0 Å². The van der Waals surface area contributed by atoms with E-state index in [1.165, 1.54) is 0 Å². The third-order valence-corrected chi connectivity index (χ3v) is 4.50. The van der Waals surface area contributed by atoms with E-state index in [0.29, 0.717) is 25.3 Å². The van der Waals surface area contributed by atoms with Crippen molar-refractivity contribution >= 4 is 22.8 Å². The van der Waals surface area contributed by atoms with Crippen LogP contribution in [0.15, 0.2) is 42.6 Å². The van der Waals surface area contributed by atoms with E-state index in [1.807, 2.05) is 30.3 Å². The van der Waals surface area contributed by atoms with E-state index in [4.69, 9.17) is 4.74 Å². The minimum absolute atomic E-state index is 0.0694. The number of nitrogens with zero attached hydrogens (tertiary/aromatic N) is 4. The normalized spacial score (nSPS) is 14.6.